The Hall–Kier alpha value is -1.44. The first-order valence-corrected chi connectivity index (χ1v) is 7.37. The number of rotatable bonds is 10. The molecule has 0 amide bonds. The van der Waals surface area contributed by atoms with Crippen LogP contribution in [0.15, 0.2) is 36.9 Å². The summed E-state index contributed by atoms with van der Waals surface area (Å²) in [5.74, 6) is 0.950. The molecule has 0 bridgehead atoms. The van der Waals surface area contributed by atoms with Gasteiger partial charge in [-0.15, -0.1) is 6.58 Å². The summed E-state index contributed by atoms with van der Waals surface area (Å²) in [6.45, 7) is 8.99. The highest BCUT2D eigenvalue weighted by atomic mass is 16.5. The Morgan fingerprint density at radius 2 is 2.16 bits per heavy atom. The van der Waals surface area contributed by atoms with Gasteiger partial charge < -0.3 is 10.1 Å². The molecule has 19 heavy (non-hydrogen) atoms. The predicted octanol–water partition coefficient (Wildman–Crippen LogP) is 5.02. The molecular weight excluding hydrogens is 234 g/mol. The van der Waals surface area contributed by atoms with E-state index in [4.69, 9.17) is 4.74 Å². The van der Waals surface area contributed by atoms with Crippen LogP contribution in [0.4, 0.5) is 5.69 Å². The molecule has 1 unspecified atom stereocenters. The smallest absolute Gasteiger partial charge is 0.121 e. The summed E-state index contributed by atoms with van der Waals surface area (Å²) in [5, 5.41) is 3.45. The molecule has 106 valence electrons. The number of ether oxygens (including phenoxy) is 1. The lowest BCUT2D eigenvalue weighted by Crippen LogP contribution is -2.10. The monoisotopic (exact) mass is 261 g/mol. The number of anilines is 1. The molecule has 0 aliphatic heterocycles. The molecule has 0 fully saturated rings. The van der Waals surface area contributed by atoms with Crippen molar-refractivity contribution in [2.45, 2.75) is 52.1 Å². The first-order valence-electron chi connectivity index (χ1n) is 7.37. The highest BCUT2D eigenvalue weighted by molar-refractivity contribution is 5.48. The lowest BCUT2D eigenvalue weighted by atomic mass is 10.2. The lowest BCUT2D eigenvalue weighted by Gasteiger charge is -2.14. The molecule has 2 nitrogen and oxygen atoms in total. The third kappa shape index (κ3) is 6.90. The average Bonchev–Trinajstić information content (AvgIpc) is 2.43. The van der Waals surface area contributed by atoms with Crippen molar-refractivity contribution in [3.63, 3.8) is 0 Å². The Morgan fingerprint density at radius 3 is 2.89 bits per heavy atom. The predicted molar refractivity (Wildman–Crippen MR) is 84.0 cm³/mol. The SMILES string of the molecule is C=CCCCCCNc1cccc(OC(C)CC)c1. The van der Waals surface area contributed by atoms with Gasteiger partial charge in [0.2, 0.25) is 0 Å². The van der Waals surface area contributed by atoms with Gasteiger partial charge in [-0.25, -0.2) is 0 Å². The first-order chi connectivity index (χ1) is 9.26. The molecule has 0 saturated carbocycles. The standard InChI is InChI=1S/C17H27NO/c1-4-6-7-8-9-13-18-16-11-10-12-17(14-16)19-15(3)5-2/h4,10-12,14-15,18H,1,5-9,13H2,2-3H3. The summed E-state index contributed by atoms with van der Waals surface area (Å²) >= 11 is 0. The number of allylic oxidation sites excluding steroid dienone is 1. The Balaban J connectivity index is 2.29. The van der Waals surface area contributed by atoms with Gasteiger partial charge in [-0.05, 0) is 44.7 Å². The Bertz CT molecular complexity index is 362. The van der Waals surface area contributed by atoms with Crippen LogP contribution in [-0.2, 0) is 0 Å². The summed E-state index contributed by atoms with van der Waals surface area (Å²) in [7, 11) is 0. The van der Waals surface area contributed by atoms with Crippen molar-refractivity contribution in [1.29, 1.82) is 0 Å². The largest absolute Gasteiger partial charge is 0.491 e. The highest BCUT2D eigenvalue weighted by Gasteiger charge is 2.01. The molecule has 0 aromatic heterocycles. The topological polar surface area (TPSA) is 21.3 Å². The Morgan fingerprint density at radius 1 is 1.32 bits per heavy atom. The van der Waals surface area contributed by atoms with Crippen molar-refractivity contribution < 1.29 is 4.74 Å². The molecule has 1 aromatic carbocycles. The van der Waals surface area contributed by atoms with Crippen molar-refractivity contribution in [2.24, 2.45) is 0 Å². The number of hydrogen-bond donors (Lipinski definition) is 1. The second-order valence-corrected chi connectivity index (χ2v) is 4.93. The fourth-order valence-electron chi connectivity index (χ4n) is 1.82. The van der Waals surface area contributed by atoms with Gasteiger partial charge in [-0.2, -0.15) is 0 Å². The zero-order chi connectivity index (χ0) is 13.9. The average molecular weight is 261 g/mol. The molecule has 0 heterocycles. The van der Waals surface area contributed by atoms with Gasteiger partial charge in [0.05, 0.1) is 6.10 Å². The zero-order valence-corrected chi connectivity index (χ0v) is 12.3. The van der Waals surface area contributed by atoms with Crippen molar-refractivity contribution in [1.82, 2.24) is 0 Å². The third-order valence-electron chi connectivity index (χ3n) is 3.16. The molecule has 0 saturated heterocycles. The van der Waals surface area contributed by atoms with E-state index in [0.29, 0.717) is 0 Å². The summed E-state index contributed by atoms with van der Waals surface area (Å²) in [6, 6.07) is 8.22. The minimum Gasteiger partial charge on any atom is -0.491 e. The van der Waals surface area contributed by atoms with E-state index in [1.54, 1.807) is 0 Å². The van der Waals surface area contributed by atoms with E-state index in [-0.39, 0.29) is 6.10 Å². The van der Waals surface area contributed by atoms with E-state index >= 15 is 0 Å². The molecule has 1 rings (SSSR count). The minimum atomic E-state index is 0.272. The number of benzene rings is 1. The maximum absolute atomic E-state index is 5.81. The van der Waals surface area contributed by atoms with Crippen molar-refractivity contribution in [3.8, 4) is 5.75 Å². The molecule has 0 radical (unpaired) electrons. The molecule has 1 N–H and O–H groups in total. The second kappa shape index (κ2) is 9.48. The van der Waals surface area contributed by atoms with Crippen LogP contribution >= 0.6 is 0 Å². The molecule has 1 atom stereocenters. The molecular formula is C17H27NO. The van der Waals surface area contributed by atoms with Crippen LogP contribution in [0.1, 0.15) is 46.0 Å². The normalized spacial score (nSPS) is 11.9. The molecule has 0 aliphatic carbocycles. The van der Waals surface area contributed by atoms with Gasteiger partial charge in [0, 0.05) is 18.3 Å². The van der Waals surface area contributed by atoms with Crippen LogP contribution in [0.25, 0.3) is 0 Å². The highest BCUT2D eigenvalue weighted by Crippen LogP contribution is 2.19. The summed E-state index contributed by atoms with van der Waals surface area (Å²) in [5.41, 5.74) is 1.14. The van der Waals surface area contributed by atoms with E-state index in [2.05, 4.69) is 37.9 Å². The van der Waals surface area contributed by atoms with E-state index in [0.717, 1.165) is 30.8 Å². The van der Waals surface area contributed by atoms with E-state index in [9.17, 15) is 0 Å². The van der Waals surface area contributed by atoms with Crippen LogP contribution in [0, 0.1) is 0 Å². The van der Waals surface area contributed by atoms with Crippen LogP contribution in [-0.4, -0.2) is 12.6 Å². The van der Waals surface area contributed by atoms with Crippen molar-refractivity contribution in [3.05, 3.63) is 36.9 Å². The number of hydrogen-bond acceptors (Lipinski definition) is 2. The first kappa shape index (κ1) is 15.6. The molecule has 0 aliphatic rings. The van der Waals surface area contributed by atoms with Crippen molar-refractivity contribution >= 4 is 5.69 Å². The van der Waals surface area contributed by atoms with Gasteiger partial charge in [0.1, 0.15) is 5.75 Å². The summed E-state index contributed by atoms with van der Waals surface area (Å²) in [6.07, 6.45) is 8.10. The number of unbranched alkanes of at least 4 members (excludes halogenated alkanes) is 3. The minimum absolute atomic E-state index is 0.272. The van der Waals surface area contributed by atoms with Crippen LogP contribution in [0.3, 0.4) is 0 Å². The maximum atomic E-state index is 5.81. The fourth-order valence-corrected chi connectivity index (χ4v) is 1.82. The molecule has 1 aromatic rings. The summed E-state index contributed by atoms with van der Waals surface area (Å²) < 4.78 is 5.81. The Kier molecular flexibility index (Phi) is 7.80. The molecule has 0 spiro atoms. The van der Waals surface area contributed by atoms with Crippen molar-refractivity contribution in [2.75, 3.05) is 11.9 Å². The quantitative estimate of drug-likeness (QED) is 0.471. The lowest BCUT2D eigenvalue weighted by molar-refractivity contribution is 0.217. The summed E-state index contributed by atoms with van der Waals surface area (Å²) in [4.78, 5) is 0. The number of nitrogens with one attached hydrogen (secondary N) is 1. The third-order valence-corrected chi connectivity index (χ3v) is 3.16. The second-order valence-electron chi connectivity index (χ2n) is 4.93. The van der Waals surface area contributed by atoms with E-state index in [1.165, 1.54) is 19.3 Å². The molecule has 2 heteroatoms. The van der Waals surface area contributed by atoms with Gasteiger partial charge in [0.25, 0.3) is 0 Å². The van der Waals surface area contributed by atoms with Crippen LogP contribution in [0.5, 0.6) is 5.75 Å². The van der Waals surface area contributed by atoms with Gasteiger partial charge in [0.15, 0.2) is 0 Å². The zero-order valence-electron chi connectivity index (χ0n) is 12.3. The fraction of sp³-hybridized carbons (Fsp3) is 0.529. The van der Waals surface area contributed by atoms with Crippen LogP contribution in [0.2, 0.25) is 0 Å². The van der Waals surface area contributed by atoms with E-state index < -0.39 is 0 Å². The van der Waals surface area contributed by atoms with Gasteiger partial charge in [-0.1, -0.05) is 25.5 Å². The van der Waals surface area contributed by atoms with Gasteiger partial charge in [-0.3, -0.25) is 0 Å². The van der Waals surface area contributed by atoms with Crippen LogP contribution < -0.4 is 10.1 Å². The maximum Gasteiger partial charge on any atom is 0.121 e. The Labute approximate surface area is 117 Å². The van der Waals surface area contributed by atoms with E-state index in [1.807, 2.05) is 18.2 Å². The van der Waals surface area contributed by atoms with Gasteiger partial charge >= 0.3 is 0 Å².